The molecule has 184 valence electrons. The van der Waals surface area contributed by atoms with Gasteiger partial charge in [0, 0.05) is 30.5 Å². The normalized spacial score (nSPS) is 13.9. The molecule has 1 heterocycles. The molecule has 1 aliphatic rings. The third-order valence-electron chi connectivity index (χ3n) is 5.75. The molecule has 2 amide bonds. The van der Waals surface area contributed by atoms with Gasteiger partial charge in [-0.2, -0.15) is 0 Å². The molecule has 1 aromatic heterocycles. The number of esters is 1. The zero-order valence-corrected chi connectivity index (χ0v) is 19.2. The van der Waals surface area contributed by atoms with Gasteiger partial charge >= 0.3 is 11.9 Å². The van der Waals surface area contributed by atoms with Gasteiger partial charge in [-0.25, -0.2) is 4.98 Å². The number of carboxylic acids is 1. The van der Waals surface area contributed by atoms with E-state index in [2.05, 4.69) is 19.9 Å². The highest BCUT2D eigenvalue weighted by Crippen LogP contribution is 2.41. The van der Waals surface area contributed by atoms with Gasteiger partial charge < -0.3 is 30.8 Å². The first-order valence-corrected chi connectivity index (χ1v) is 11.4. The van der Waals surface area contributed by atoms with Gasteiger partial charge in [-0.15, -0.1) is 0 Å². The van der Waals surface area contributed by atoms with Crippen LogP contribution in [0.4, 0.5) is 0 Å². The maximum Gasteiger partial charge on any atom is 0.325 e. The molecule has 0 saturated heterocycles. The van der Waals surface area contributed by atoms with Gasteiger partial charge in [-0.1, -0.05) is 0 Å². The van der Waals surface area contributed by atoms with Crippen LogP contribution in [0.1, 0.15) is 66.7 Å². The number of nitrogens with one attached hydrogen (secondary N) is 2. The fourth-order valence-corrected chi connectivity index (χ4v) is 3.82. The molecular weight excluding hydrogens is 442 g/mol. The summed E-state index contributed by atoms with van der Waals surface area (Å²) in [4.78, 5) is 51.5. The van der Waals surface area contributed by atoms with Gasteiger partial charge in [0.2, 0.25) is 5.91 Å². The molecule has 0 bridgehead atoms. The fourth-order valence-electron chi connectivity index (χ4n) is 3.82. The molecule has 1 aliphatic carbocycles. The lowest BCUT2D eigenvalue weighted by atomic mass is 10.0. The minimum Gasteiger partial charge on any atom is -0.481 e. The van der Waals surface area contributed by atoms with E-state index in [9.17, 15) is 19.2 Å². The lowest BCUT2D eigenvalue weighted by molar-refractivity contribution is -0.139. The number of ether oxygens (including phenoxy) is 1. The average molecular weight is 474 g/mol. The number of carbonyl (C=O) groups excluding carboxylic acids is 3. The lowest BCUT2D eigenvalue weighted by Gasteiger charge is -2.19. The van der Waals surface area contributed by atoms with Crippen LogP contribution >= 0.6 is 0 Å². The topological polar surface area (TPSA) is 166 Å². The molecule has 0 aliphatic heterocycles. The standard InChI is InChI=1S/C23H31N5O6/c1-34-21(32)13-26-23(33)14-4-7-18-17(11-14)27-22(28(18)16-5-6-16)15(3-2-10-24)12-25-19(29)8-9-20(30)31/h4,7,11,15-16H,2-3,5-6,8-10,12-13,24H2,1H3,(H,25,29)(H,26,33)(H,30,31). The summed E-state index contributed by atoms with van der Waals surface area (Å²) in [7, 11) is 1.25. The first-order valence-electron chi connectivity index (χ1n) is 11.4. The second-order valence-corrected chi connectivity index (χ2v) is 8.36. The third kappa shape index (κ3) is 6.53. The number of imidazole rings is 1. The third-order valence-corrected chi connectivity index (χ3v) is 5.75. The number of aliphatic carboxylic acids is 1. The number of rotatable bonds is 13. The van der Waals surface area contributed by atoms with Crippen LogP contribution in [-0.4, -0.2) is 65.2 Å². The predicted molar refractivity (Wildman–Crippen MR) is 123 cm³/mol. The maximum atomic E-state index is 12.5. The number of methoxy groups -OCH3 is 1. The van der Waals surface area contributed by atoms with Crippen LogP contribution in [0.25, 0.3) is 11.0 Å². The number of carbonyl (C=O) groups is 4. The number of nitrogens with two attached hydrogens (primary N) is 1. The van der Waals surface area contributed by atoms with Crippen LogP contribution in [0.15, 0.2) is 18.2 Å². The van der Waals surface area contributed by atoms with E-state index >= 15 is 0 Å². The highest BCUT2D eigenvalue weighted by molar-refractivity contribution is 5.98. The number of hydrogen-bond donors (Lipinski definition) is 4. The second-order valence-electron chi connectivity index (χ2n) is 8.36. The summed E-state index contributed by atoms with van der Waals surface area (Å²) in [6, 6.07) is 5.54. The molecule has 0 spiro atoms. The molecule has 34 heavy (non-hydrogen) atoms. The quantitative estimate of drug-likeness (QED) is 0.314. The molecule has 1 atom stereocenters. The van der Waals surface area contributed by atoms with Crippen LogP contribution in [0.3, 0.4) is 0 Å². The van der Waals surface area contributed by atoms with Gasteiger partial charge in [-0.05, 0) is 50.4 Å². The zero-order valence-electron chi connectivity index (χ0n) is 19.2. The van der Waals surface area contributed by atoms with Crippen LogP contribution in [0.5, 0.6) is 0 Å². The van der Waals surface area contributed by atoms with Gasteiger partial charge in [0.1, 0.15) is 12.4 Å². The number of aromatic nitrogens is 2. The minimum absolute atomic E-state index is 0.0813. The Morgan fingerprint density at radius 3 is 2.65 bits per heavy atom. The van der Waals surface area contributed by atoms with Gasteiger partial charge in [0.15, 0.2) is 0 Å². The molecule has 1 saturated carbocycles. The molecule has 0 radical (unpaired) electrons. The molecule has 1 unspecified atom stereocenters. The number of benzene rings is 1. The Hall–Kier alpha value is -3.47. The van der Waals surface area contributed by atoms with Crippen molar-refractivity contribution in [2.24, 2.45) is 5.73 Å². The summed E-state index contributed by atoms with van der Waals surface area (Å²) < 4.78 is 6.72. The highest BCUT2D eigenvalue weighted by Gasteiger charge is 2.31. The Kier molecular flexibility index (Phi) is 8.58. The summed E-state index contributed by atoms with van der Waals surface area (Å²) in [5, 5.41) is 14.2. The number of hydrogen-bond acceptors (Lipinski definition) is 7. The first-order chi connectivity index (χ1) is 16.3. The number of nitrogens with zero attached hydrogens (tertiary/aromatic N) is 2. The Morgan fingerprint density at radius 1 is 1.24 bits per heavy atom. The predicted octanol–water partition coefficient (Wildman–Crippen LogP) is 1.08. The number of amides is 2. The van der Waals surface area contributed by atoms with E-state index in [0.717, 1.165) is 30.6 Å². The van der Waals surface area contributed by atoms with Crippen molar-refractivity contribution >= 4 is 34.8 Å². The van der Waals surface area contributed by atoms with Crippen molar-refractivity contribution in [1.82, 2.24) is 20.2 Å². The maximum absolute atomic E-state index is 12.5. The summed E-state index contributed by atoms with van der Waals surface area (Å²) in [6.07, 6.45) is 3.19. The van der Waals surface area contributed by atoms with Crippen molar-refractivity contribution in [3.63, 3.8) is 0 Å². The van der Waals surface area contributed by atoms with Crippen LogP contribution in [0.2, 0.25) is 0 Å². The van der Waals surface area contributed by atoms with E-state index < -0.39 is 17.8 Å². The van der Waals surface area contributed by atoms with Gasteiger partial charge in [0.25, 0.3) is 5.91 Å². The summed E-state index contributed by atoms with van der Waals surface area (Å²) >= 11 is 0. The largest absolute Gasteiger partial charge is 0.481 e. The monoisotopic (exact) mass is 473 g/mol. The second kappa shape index (κ2) is 11.6. The van der Waals surface area contributed by atoms with E-state index in [0.29, 0.717) is 36.6 Å². The van der Waals surface area contributed by atoms with Crippen molar-refractivity contribution in [2.75, 3.05) is 26.7 Å². The smallest absolute Gasteiger partial charge is 0.325 e. The highest BCUT2D eigenvalue weighted by atomic mass is 16.5. The Balaban J connectivity index is 1.84. The lowest BCUT2D eigenvalue weighted by Crippen LogP contribution is -2.30. The number of fused-ring (bicyclic) bond motifs is 1. The Labute approximate surface area is 197 Å². The van der Waals surface area contributed by atoms with Crippen LogP contribution < -0.4 is 16.4 Å². The molecule has 11 nitrogen and oxygen atoms in total. The first kappa shape index (κ1) is 25.2. The van der Waals surface area contributed by atoms with Crippen molar-refractivity contribution in [3.05, 3.63) is 29.6 Å². The number of carboxylic acid groups (broad SMARTS) is 1. The molecular formula is C23H31N5O6. The zero-order chi connectivity index (χ0) is 24.7. The molecule has 1 fully saturated rings. The van der Waals surface area contributed by atoms with Crippen molar-refractivity contribution < 1.29 is 29.0 Å². The van der Waals surface area contributed by atoms with E-state index in [1.807, 2.05) is 6.07 Å². The minimum atomic E-state index is -1.02. The summed E-state index contributed by atoms with van der Waals surface area (Å²) in [6.45, 7) is 0.594. The van der Waals surface area contributed by atoms with E-state index in [4.69, 9.17) is 15.8 Å². The Bertz CT molecular complexity index is 1060. The van der Waals surface area contributed by atoms with Gasteiger partial charge in [-0.3, -0.25) is 19.2 Å². The SMILES string of the molecule is COC(=O)CNC(=O)c1ccc2c(c1)nc(C(CCCN)CNC(=O)CCC(=O)O)n2C1CC1. The van der Waals surface area contributed by atoms with Gasteiger partial charge in [0.05, 0.1) is 24.6 Å². The van der Waals surface area contributed by atoms with E-state index in [1.165, 1.54) is 7.11 Å². The van der Waals surface area contributed by atoms with Crippen molar-refractivity contribution in [3.8, 4) is 0 Å². The van der Waals surface area contributed by atoms with Crippen molar-refractivity contribution in [2.45, 2.75) is 50.5 Å². The average Bonchev–Trinajstić information content (AvgIpc) is 3.60. The summed E-state index contributed by atoms with van der Waals surface area (Å²) in [5.41, 5.74) is 7.67. The molecule has 5 N–H and O–H groups in total. The summed E-state index contributed by atoms with van der Waals surface area (Å²) in [5.74, 6) is -1.57. The molecule has 2 aromatic rings. The van der Waals surface area contributed by atoms with Crippen LogP contribution in [-0.2, 0) is 19.1 Å². The molecule has 1 aromatic carbocycles. The molecule has 3 rings (SSSR count). The molecule has 11 heteroatoms. The Morgan fingerprint density at radius 2 is 2.00 bits per heavy atom. The van der Waals surface area contributed by atoms with Crippen molar-refractivity contribution in [1.29, 1.82) is 0 Å². The van der Waals surface area contributed by atoms with Crippen LogP contribution in [0, 0.1) is 0 Å². The van der Waals surface area contributed by atoms with E-state index in [-0.39, 0.29) is 31.2 Å². The van der Waals surface area contributed by atoms with E-state index in [1.54, 1.807) is 12.1 Å². The fraction of sp³-hybridized carbons (Fsp3) is 0.522.